The summed E-state index contributed by atoms with van der Waals surface area (Å²) < 4.78 is 28.3. The zero-order valence-electron chi connectivity index (χ0n) is 17.2. The Morgan fingerprint density at radius 1 is 1.00 bits per heavy atom. The van der Waals surface area contributed by atoms with Gasteiger partial charge in [-0.3, -0.25) is 9.10 Å². The van der Waals surface area contributed by atoms with Gasteiger partial charge in [0.05, 0.1) is 10.6 Å². The van der Waals surface area contributed by atoms with Gasteiger partial charge in [0, 0.05) is 17.3 Å². The van der Waals surface area contributed by atoms with Crippen molar-refractivity contribution in [3.8, 4) is 0 Å². The number of carbonyl (C=O) groups is 1. The fourth-order valence-corrected chi connectivity index (χ4v) is 5.48. The number of carbonyl (C=O) groups excluding carboxylic acids is 1. The number of amides is 1. The molecule has 0 saturated carbocycles. The number of nitrogens with zero attached hydrogens (tertiary/aromatic N) is 2. The number of anilines is 2. The van der Waals surface area contributed by atoms with E-state index < -0.39 is 10.0 Å². The van der Waals surface area contributed by atoms with Crippen molar-refractivity contribution in [1.29, 1.82) is 0 Å². The van der Waals surface area contributed by atoms with Crippen LogP contribution in [0.2, 0.25) is 5.02 Å². The van der Waals surface area contributed by atoms with Crippen LogP contribution >= 0.6 is 11.6 Å². The van der Waals surface area contributed by atoms with E-state index in [0.29, 0.717) is 17.3 Å². The average Bonchev–Trinajstić information content (AvgIpc) is 2.78. The maximum absolute atomic E-state index is 13.6. The fraction of sp³-hybridized carbons (Fsp3) is 0.208. The molecular weight excluding hydrogens is 432 g/mol. The standard InChI is InChI=1S/C24H23ClN2O3S/c1-18-7-2-4-10-22(18)27(31(29,30)21-14-12-20(25)13-15-21)17-24(28)26-16-6-9-19-8-3-5-11-23(19)26/h2-5,7-8,10-15H,6,9,16-17H2,1H3. The Kier molecular flexibility index (Phi) is 6.03. The summed E-state index contributed by atoms with van der Waals surface area (Å²) in [5.74, 6) is -0.257. The summed E-state index contributed by atoms with van der Waals surface area (Å²) in [4.78, 5) is 15.2. The van der Waals surface area contributed by atoms with E-state index in [-0.39, 0.29) is 17.3 Å². The Morgan fingerprint density at radius 3 is 2.42 bits per heavy atom. The van der Waals surface area contributed by atoms with E-state index in [1.807, 2.05) is 43.3 Å². The van der Waals surface area contributed by atoms with Gasteiger partial charge in [-0.05, 0) is 67.3 Å². The number of para-hydroxylation sites is 2. The molecule has 4 rings (SSSR count). The molecule has 160 valence electrons. The van der Waals surface area contributed by atoms with Gasteiger partial charge in [-0.2, -0.15) is 0 Å². The topological polar surface area (TPSA) is 57.7 Å². The highest BCUT2D eigenvalue weighted by Crippen LogP contribution is 2.30. The van der Waals surface area contributed by atoms with E-state index in [2.05, 4.69) is 0 Å². The molecule has 0 aliphatic carbocycles. The predicted octanol–water partition coefficient (Wildman–Crippen LogP) is 4.82. The maximum atomic E-state index is 13.6. The molecule has 7 heteroatoms. The highest BCUT2D eigenvalue weighted by molar-refractivity contribution is 7.92. The molecule has 5 nitrogen and oxygen atoms in total. The minimum absolute atomic E-state index is 0.0898. The smallest absolute Gasteiger partial charge is 0.264 e. The molecule has 31 heavy (non-hydrogen) atoms. The van der Waals surface area contributed by atoms with Gasteiger partial charge in [-0.15, -0.1) is 0 Å². The SMILES string of the molecule is Cc1ccccc1N(CC(=O)N1CCCc2ccccc21)S(=O)(=O)c1ccc(Cl)cc1. The van der Waals surface area contributed by atoms with Crippen molar-refractivity contribution < 1.29 is 13.2 Å². The van der Waals surface area contributed by atoms with Gasteiger partial charge in [0.1, 0.15) is 6.54 Å². The molecule has 1 amide bonds. The zero-order chi connectivity index (χ0) is 22.0. The molecule has 0 atom stereocenters. The minimum atomic E-state index is -3.98. The van der Waals surface area contributed by atoms with Crippen molar-refractivity contribution in [1.82, 2.24) is 0 Å². The van der Waals surface area contributed by atoms with E-state index in [1.54, 1.807) is 17.0 Å². The maximum Gasteiger partial charge on any atom is 0.264 e. The summed E-state index contributed by atoms with van der Waals surface area (Å²) in [7, 11) is -3.98. The number of hydrogen-bond acceptors (Lipinski definition) is 3. The second-order valence-electron chi connectivity index (χ2n) is 7.53. The van der Waals surface area contributed by atoms with Gasteiger partial charge < -0.3 is 4.90 Å². The van der Waals surface area contributed by atoms with Crippen LogP contribution in [0.3, 0.4) is 0 Å². The molecule has 0 aromatic heterocycles. The minimum Gasteiger partial charge on any atom is -0.311 e. The molecule has 0 bridgehead atoms. The van der Waals surface area contributed by atoms with E-state index in [1.165, 1.54) is 28.6 Å². The van der Waals surface area contributed by atoms with Crippen molar-refractivity contribution in [2.24, 2.45) is 0 Å². The third-order valence-corrected chi connectivity index (χ3v) is 7.50. The molecule has 0 unspecified atom stereocenters. The predicted molar refractivity (Wildman–Crippen MR) is 124 cm³/mol. The van der Waals surface area contributed by atoms with E-state index in [4.69, 9.17) is 11.6 Å². The van der Waals surface area contributed by atoms with Crippen LogP contribution in [0.4, 0.5) is 11.4 Å². The number of sulfonamides is 1. The highest BCUT2D eigenvalue weighted by Gasteiger charge is 2.31. The molecule has 3 aromatic carbocycles. The van der Waals surface area contributed by atoms with Crippen molar-refractivity contribution in [2.75, 3.05) is 22.3 Å². The summed E-state index contributed by atoms with van der Waals surface area (Å²) in [5, 5.41) is 0.447. The lowest BCUT2D eigenvalue weighted by molar-refractivity contribution is -0.117. The Labute approximate surface area is 187 Å². The van der Waals surface area contributed by atoms with Crippen LogP contribution in [0.25, 0.3) is 0 Å². The largest absolute Gasteiger partial charge is 0.311 e. The molecule has 0 N–H and O–H groups in total. The first-order valence-electron chi connectivity index (χ1n) is 10.1. The van der Waals surface area contributed by atoms with Gasteiger partial charge in [-0.25, -0.2) is 8.42 Å². The lowest BCUT2D eigenvalue weighted by Crippen LogP contribution is -2.45. The van der Waals surface area contributed by atoms with Crippen LogP contribution in [0, 0.1) is 6.92 Å². The van der Waals surface area contributed by atoms with Gasteiger partial charge >= 0.3 is 0 Å². The van der Waals surface area contributed by atoms with Crippen molar-refractivity contribution in [3.63, 3.8) is 0 Å². The lowest BCUT2D eigenvalue weighted by Gasteiger charge is -2.32. The highest BCUT2D eigenvalue weighted by atomic mass is 35.5. The normalized spacial score (nSPS) is 13.5. The number of aryl methyl sites for hydroxylation is 2. The van der Waals surface area contributed by atoms with Crippen molar-refractivity contribution >= 4 is 38.9 Å². The molecule has 1 aliphatic heterocycles. The summed E-state index contributed by atoms with van der Waals surface area (Å²) in [6.45, 7) is 2.11. The molecule has 3 aromatic rings. The van der Waals surface area contributed by atoms with Crippen molar-refractivity contribution in [2.45, 2.75) is 24.7 Å². The molecule has 0 fully saturated rings. The van der Waals surface area contributed by atoms with Crippen molar-refractivity contribution in [3.05, 3.63) is 88.9 Å². The molecule has 1 heterocycles. The van der Waals surface area contributed by atoms with Crippen LogP contribution in [0.1, 0.15) is 17.5 Å². The molecule has 0 radical (unpaired) electrons. The first kappa shape index (κ1) is 21.4. The van der Waals surface area contributed by atoms with Crippen LogP contribution in [0.15, 0.2) is 77.7 Å². The first-order chi connectivity index (χ1) is 14.9. The Morgan fingerprint density at radius 2 is 1.68 bits per heavy atom. The van der Waals surface area contributed by atoms with Crippen LogP contribution in [-0.4, -0.2) is 27.4 Å². The van der Waals surface area contributed by atoms with Gasteiger partial charge in [-0.1, -0.05) is 48.0 Å². The molecule has 0 saturated heterocycles. The molecule has 1 aliphatic rings. The van der Waals surface area contributed by atoms with E-state index in [0.717, 1.165) is 29.7 Å². The summed E-state index contributed by atoms with van der Waals surface area (Å²) in [6, 6.07) is 20.9. The summed E-state index contributed by atoms with van der Waals surface area (Å²) >= 11 is 5.95. The van der Waals surface area contributed by atoms with Gasteiger partial charge in [0.15, 0.2) is 0 Å². The Hall–Kier alpha value is -2.83. The Bertz CT molecular complexity index is 1210. The second-order valence-corrected chi connectivity index (χ2v) is 9.83. The van der Waals surface area contributed by atoms with Crippen LogP contribution < -0.4 is 9.21 Å². The fourth-order valence-electron chi connectivity index (χ4n) is 3.88. The monoisotopic (exact) mass is 454 g/mol. The summed E-state index contributed by atoms with van der Waals surface area (Å²) in [5.41, 5.74) is 3.21. The first-order valence-corrected chi connectivity index (χ1v) is 11.9. The third kappa shape index (κ3) is 4.31. The molecular formula is C24H23ClN2O3S. The zero-order valence-corrected chi connectivity index (χ0v) is 18.7. The lowest BCUT2D eigenvalue weighted by atomic mass is 10.0. The quantitative estimate of drug-likeness (QED) is 0.555. The van der Waals surface area contributed by atoms with Crippen LogP contribution in [0.5, 0.6) is 0 Å². The number of rotatable bonds is 5. The van der Waals surface area contributed by atoms with E-state index >= 15 is 0 Å². The van der Waals surface area contributed by atoms with Gasteiger partial charge in [0.25, 0.3) is 10.0 Å². The third-order valence-electron chi connectivity index (χ3n) is 5.48. The number of halogens is 1. The Balaban J connectivity index is 1.73. The summed E-state index contributed by atoms with van der Waals surface area (Å²) in [6.07, 6.45) is 1.75. The second kappa shape index (κ2) is 8.73. The van der Waals surface area contributed by atoms with Crippen LogP contribution in [-0.2, 0) is 21.2 Å². The average molecular weight is 455 g/mol. The number of hydrogen-bond donors (Lipinski definition) is 0. The molecule has 0 spiro atoms. The number of fused-ring (bicyclic) bond motifs is 1. The number of benzene rings is 3. The van der Waals surface area contributed by atoms with Gasteiger partial charge in [0.2, 0.25) is 5.91 Å². The van der Waals surface area contributed by atoms with E-state index in [9.17, 15) is 13.2 Å².